The lowest BCUT2D eigenvalue weighted by Crippen LogP contribution is -2.11. The van der Waals surface area contributed by atoms with Crippen LogP contribution in [0.5, 0.6) is 0 Å². The van der Waals surface area contributed by atoms with Gasteiger partial charge in [-0.1, -0.05) is 78.1 Å². The van der Waals surface area contributed by atoms with Gasteiger partial charge >= 0.3 is 5.97 Å². The van der Waals surface area contributed by atoms with Crippen molar-refractivity contribution in [3.63, 3.8) is 0 Å². The molecule has 0 radical (unpaired) electrons. The summed E-state index contributed by atoms with van der Waals surface area (Å²) in [6.45, 7) is 4.84. The fourth-order valence-electron chi connectivity index (χ4n) is 3.45. The second-order valence-electron chi connectivity index (χ2n) is 8.00. The van der Waals surface area contributed by atoms with Gasteiger partial charge in [-0.3, -0.25) is 20.2 Å². The molecule has 0 aromatic heterocycles. The minimum Gasteiger partial charge on any atom is -0.462 e. The number of rotatable bonds is 18. The molecular formula is C23H37N3O6. The van der Waals surface area contributed by atoms with Crippen molar-refractivity contribution in [2.45, 2.75) is 90.9 Å². The highest BCUT2D eigenvalue weighted by Gasteiger charge is 2.28. The number of nitro groups is 2. The first-order valence-corrected chi connectivity index (χ1v) is 11.8. The van der Waals surface area contributed by atoms with Gasteiger partial charge in [0.15, 0.2) is 5.69 Å². The molecule has 0 atom stereocenters. The summed E-state index contributed by atoms with van der Waals surface area (Å²) < 4.78 is 5.18. The summed E-state index contributed by atoms with van der Waals surface area (Å²) >= 11 is 0. The van der Waals surface area contributed by atoms with Gasteiger partial charge in [0.25, 0.3) is 11.4 Å². The number of carbonyl (C=O) groups is 1. The van der Waals surface area contributed by atoms with Gasteiger partial charge in [-0.05, 0) is 12.8 Å². The van der Waals surface area contributed by atoms with Crippen molar-refractivity contribution in [2.24, 2.45) is 0 Å². The van der Waals surface area contributed by atoms with E-state index in [-0.39, 0.29) is 17.9 Å². The Hall–Kier alpha value is -2.71. The summed E-state index contributed by atoms with van der Waals surface area (Å²) in [6.07, 6.45) is 12.3. The predicted molar refractivity (Wildman–Crippen MR) is 125 cm³/mol. The van der Waals surface area contributed by atoms with Crippen LogP contribution in [0.3, 0.4) is 0 Å². The Morgan fingerprint density at radius 3 is 1.78 bits per heavy atom. The van der Waals surface area contributed by atoms with Crippen LogP contribution < -0.4 is 5.32 Å². The van der Waals surface area contributed by atoms with E-state index in [1.807, 2.05) is 0 Å². The SMILES string of the molecule is CCCCCCCCNc1c([N+](=O)[O-])cc(C(=O)OCCCCCCCC)cc1[N+](=O)[O-]. The van der Waals surface area contributed by atoms with Crippen LogP contribution >= 0.6 is 0 Å². The zero-order valence-corrected chi connectivity index (χ0v) is 19.4. The zero-order valence-electron chi connectivity index (χ0n) is 19.4. The highest BCUT2D eigenvalue weighted by atomic mass is 16.6. The van der Waals surface area contributed by atoms with Crippen LogP contribution in [0.15, 0.2) is 12.1 Å². The van der Waals surface area contributed by atoms with Crippen molar-refractivity contribution < 1.29 is 19.4 Å². The fraction of sp³-hybridized carbons (Fsp3) is 0.696. The first-order chi connectivity index (χ1) is 15.4. The number of benzene rings is 1. The van der Waals surface area contributed by atoms with Crippen LogP contribution in [-0.4, -0.2) is 29.0 Å². The number of nitrogens with zero attached hydrogens (tertiary/aromatic N) is 2. The lowest BCUT2D eigenvalue weighted by Gasteiger charge is -2.10. The largest absolute Gasteiger partial charge is 0.462 e. The zero-order chi connectivity index (χ0) is 23.8. The average Bonchev–Trinajstić information content (AvgIpc) is 2.77. The monoisotopic (exact) mass is 451 g/mol. The molecule has 0 amide bonds. The topological polar surface area (TPSA) is 125 Å². The van der Waals surface area contributed by atoms with Gasteiger partial charge in [0.2, 0.25) is 0 Å². The molecule has 1 N–H and O–H groups in total. The smallest absolute Gasteiger partial charge is 0.338 e. The first-order valence-electron chi connectivity index (χ1n) is 11.8. The van der Waals surface area contributed by atoms with Crippen molar-refractivity contribution in [3.05, 3.63) is 37.9 Å². The molecule has 0 aliphatic heterocycles. The summed E-state index contributed by atoms with van der Waals surface area (Å²) in [5, 5.41) is 26.0. The van der Waals surface area contributed by atoms with Crippen molar-refractivity contribution in [2.75, 3.05) is 18.5 Å². The van der Waals surface area contributed by atoms with E-state index in [1.165, 1.54) is 12.8 Å². The third-order valence-corrected chi connectivity index (χ3v) is 5.29. The molecule has 0 aliphatic rings. The number of nitrogens with one attached hydrogen (secondary N) is 1. The van der Waals surface area contributed by atoms with E-state index in [2.05, 4.69) is 19.2 Å². The van der Waals surface area contributed by atoms with Crippen LogP contribution in [0, 0.1) is 20.2 Å². The Kier molecular flexibility index (Phi) is 13.7. The van der Waals surface area contributed by atoms with E-state index in [0.29, 0.717) is 13.0 Å². The number of hydrogen-bond acceptors (Lipinski definition) is 7. The van der Waals surface area contributed by atoms with Crippen LogP contribution in [0.4, 0.5) is 17.1 Å². The van der Waals surface area contributed by atoms with E-state index < -0.39 is 27.2 Å². The molecule has 0 saturated carbocycles. The van der Waals surface area contributed by atoms with Crippen LogP contribution in [0.1, 0.15) is 101 Å². The maximum Gasteiger partial charge on any atom is 0.338 e. The highest BCUT2D eigenvalue weighted by molar-refractivity contribution is 5.93. The van der Waals surface area contributed by atoms with Crippen molar-refractivity contribution in [1.82, 2.24) is 0 Å². The van der Waals surface area contributed by atoms with Crippen LogP contribution in [0.25, 0.3) is 0 Å². The molecule has 0 unspecified atom stereocenters. The van der Waals surface area contributed by atoms with Gasteiger partial charge in [-0.2, -0.15) is 0 Å². The van der Waals surface area contributed by atoms with E-state index in [1.54, 1.807) is 0 Å². The van der Waals surface area contributed by atoms with Crippen molar-refractivity contribution in [1.29, 1.82) is 0 Å². The maximum atomic E-state index is 12.3. The molecule has 32 heavy (non-hydrogen) atoms. The Morgan fingerprint density at radius 2 is 1.28 bits per heavy atom. The Morgan fingerprint density at radius 1 is 0.812 bits per heavy atom. The minimum absolute atomic E-state index is 0.166. The summed E-state index contributed by atoms with van der Waals surface area (Å²) in [7, 11) is 0. The standard InChI is InChI=1S/C23H37N3O6/c1-3-5-7-9-11-13-15-24-22-20(25(28)29)17-19(18-21(22)26(30)31)23(27)32-16-14-12-10-8-6-4-2/h17-18,24H,3-16H2,1-2H3. The van der Waals surface area contributed by atoms with Gasteiger partial charge in [-0.15, -0.1) is 0 Å². The molecule has 0 aliphatic carbocycles. The van der Waals surface area contributed by atoms with Gasteiger partial charge in [0, 0.05) is 18.7 Å². The number of carbonyl (C=O) groups excluding carboxylic acids is 1. The van der Waals surface area contributed by atoms with Crippen LogP contribution in [0.2, 0.25) is 0 Å². The fourth-order valence-corrected chi connectivity index (χ4v) is 3.45. The minimum atomic E-state index is -0.785. The Labute approximate surface area is 190 Å². The molecule has 0 saturated heterocycles. The molecular weight excluding hydrogens is 414 g/mol. The third kappa shape index (κ3) is 10.1. The predicted octanol–water partition coefficient (Wildman–Crippen LogP) is 6.79. The van der Waals surface area contributed by atoms with Gasteiger partial charge in [0.05, 0.1) is 22.0 Å². The summed E-state index contributed by atoms with van der Waals surface area (Å²) in [5.74, 6) is -0.785. The first kappa shape index (κ1) is 27.3. The Balaban J connectivity index is 2.76. The molecule has 0 bridgehead atoms. The molecule has 180 valence electrons. The number of esters is 1. The molecule has 0 fully saturated rings. The van der Waals surface area contributed by atoms with E-state index in [9.17, 15) is 25.0 Å². The van der Waals surface area contributed by atoms with E-state index in [4.69, 9.17) is 4.74 Å². The van der Waals surface area contributed by atoms with Gasteiger partial charge in [0.1, 0.15) is 0 Å². The lowest BCUT2D eigenvalue weighted by atomic mass is 10.1. The maximum absolute atomic E-state index is 12.3. The molecule has 0 heterocycles. The number of nitro benzene ring substituents is 2. The second kappa shape index (κ2) is 16.0. The number of hydrogen-bond donors (Lipinski definition) is 1. The quantitative estimate of drug-likeness (QED) is 0.113. The molecule has 1 aromatic carbocycles. The normalized spacial score (nSPS) is 10.7. The average molecular weight is 452 g/mol. The van der Waals surface area contributed by atoms with E-state index >= 15 is 0 Å². The van der Waals surface area contributed by atoms with E-state index in [0.717, 1.165) is 69.9 Å². The van der Waals surface area contributed by atoms with Crippen LogP contribution in [-0.2, 0) is 4.74 Å². The highest BCUT2D eigenvalue weighted by Crippen LogP contribution is 2.36. The molecule has 0 spiro atoms. The molecule has 1 rings (SSSR count). The Bertz CT molecular complexity index is 703. The second-order valence-corrected chi connectivity index (χ2v) is 8.00. The van der Waals surface area contributed by atoms with Gasteiger partial charge < -0.3 is 10.1 Å². The molecule has 9 heteroatoms. The summed E-state index contributed by atoms with van der Waals surface area (Å²) in [6, 6.07) is 2.11. The summed E-state index contributed by atoms with van der Waals surface area (Å²) in [5.41, 5.74) is -1.33. The lowest BCUT2D eigenvalue weighted by molar-refractivity contribution is -0.392. The molecule has 1 aromatic rings. The van der Waals surface area contributed by atoms with Gasteiger partial charge in [-0.25, -0.2) is 4.79 Å². The van der Waals surface area contributed by atoms with Crippen molar-refractivity contribution in [3.8, 4) is 0 Å². The number of anilines is 1. The summed E-state index contributed by atoms with van der Waals surface area (Å²) in [4.78, 5) is 34.0. The number of unbranched alkanes of at least 4 members (excludes halogenated alkanes) is 10. The molecule has 9 nitrogen and oxygen atoms in total. The third-order valence-electron chi connectivity index (χ3n) is 5.29. The van der Waals surface area contributed by atoms with Crippen molar-refractivity contribution >= 4 is 23.0 Å². The number of ether oxygens (including phenoxy) is 1.